The molecule has 3 aromatic rings. The van der Waals surface area contributed by atoms with Crippen LogP contribution in [0.4, 0.5) is 18.9 Å². The molecule has 0 radical (unpaired) electrons. The fourth-order valence-corrected chi connectivity index (χ4v) is 4.81. The molecule has 1 N–H and O–H groups in total. The minimum Gasteiger partial charge on any atom is -0.490 e. The van der Waals surface area contributed by atoms with Crippen LogP contribution in [0.5, 0.6) is 5.75 Å². The first-order chi connectivity index (χ1) is 17.5. The number of hydrazone groups is 1. The van der Waals surface area contributed by atoms with Crippen molar-refractivity contribution in [3.8, 4) is 5.75 Å². The molecule has 0 fully saturated rings. The van der Waals surface area contributed by atoms with E-state index in [2.05, 4.69) is 17.1 Å². The third kappa shape index (κ3) is 7.34. The zero-order valence-corrected chi connectivity index (χ0v) is 20.7. The second kappa shape index (κ2) is 11.9. The lowest BCUT2D eigenvalue weighted by Gasteiger charge is -2.25. The van der Waals surface area contributed by atoms with Crippen molar-refractivity contribution in [2.24, 2.45) is 5.10 Å². The second-order valence-corrected chi connectivity index (χ2v) is 9.72. The van der Waals surface area contributed by atoms with Crippen LogP contribution in [0.15, 0.2) is 95.4 Å². The highest BCUT2D eigenvalue weighted by Gasteiger charge is 2.34. The van der Waals surface area contributed by atoms with E-state index in [0.717, 1.165) is 12.1 Å². The molecule has 0 aliphatic rings. The number of amides is 1. The van der Waals surface area contributed by atoms with Crippen molar-refractivity contribution in [2.75, 3.05) is 17.5 Å². The predicted octanol–water partition coefficient (Wildman–Crippen LogP) is 5.27. The van der Waals surface area contributed by atoms with E-state index in [1.165, 1.54) is 30.5 Å². The summed E-state index contributed by atoms with van der Waals surface area (Å²) in [7, 11) is -4.48. The Morgan fingerprint density at radius 1 is 1.08 bits per heavy atom. The van der Waals surface area contributed by atoms with Gasteiger partial charge in [-0.2, -0.15) is 18.3 Å². The van der Waals surface area contributed by atoms with Crippen LogP contribution < -0.4 is 14.5 Å². The van der Waals surface area contributed by atoms with Gasteiger partial charge in [-0.25, -0.2) is 13.8 Å². The number of benzene rings is 3. The fraction of sp³-hybridized carbons (Fsp3) is 0.120. The van der Waals surface area contributed by atoms with Gasteiger partial charge in [-0.15, -0.1) is 0 Å². The first-order valence-corrected chi connectivity index (χ1v) is 12.4. The molecule has 194 valence electrons. The standard InChI is InChI=1S/C25H21ClF3N3O4S/c1-2-13-36-20-8-6-7-18(14-20)16-30-31-24(33)17-32(37(34,35)21-9-4-3-5-10-21)23-15-19(25(27,28)29)11-12-22(23)26/h2-12,14-16H,1,13,17H2,(H,31,33)/b30-16-. The third-order valence-corrected chi connectivity index (χ3v) is 6.88. The van der Waals surface area contributed by atoms with Crippen molar-refractivity contribution in [1.82, 2.24) is 5.43 Å². The van der Waals surface area contributed by atoms with Gasteiger partial charge in [0.15, 0.2) is 0 Å². The molecule has 3 rings (SSSR count). The minimum absolute atomic E-state index is 0.240. The van der Waals surface area contributed by atoms with Crippen LogP contribution in [0.3, 0.4) is 0 Å². The Labute approximate surface area is 216 Å². The van der Waals surface area contributed by atoms with Gasteiger partial charge in [-0.3, -0.25) is 9.10 Å². The topological polar surface area (TPSA) is 88.1 Å². The molecular formula is C25H21ClF3N3O4S. The molecule has 0 heterocycles. The Hall–Kier alpha value is -3.83. The molecule has 0 aromatic heterocycles. The monoisotopic (exact) mass is 551 g/mol. The summed E-state index contributed by atoms with van der Waals surface area (Å²) >= 11 is 6.10. The van der Waals surface area contributed by atoms with E-state index in [4.69, 9.17) is 16.3 Å². The largest absolute Gasteiger partial charge is 0.490 e. The van der Waals surface area contributed by atoms with Crippen LogP contribution in [0.25, 0.3) is 0 Å². The highest BCUT2D eigenvalue weighted by molar-refractivity contribution is 7.92. The lowest BCUT2D eigenvalue weighted by atomic mass is 10.2. The van der Waals surface area contributed by atoms with Crippen LogP contribution in [0.1, 0.15) is 11.1 Å². The maximum Gasteiger partial charge on any atom is 0.416 e. The Balaban J connectivity index is 1.89. The molecule has 0 atom stereocenters. The van der Waals surface area contributed by atoms with Gasteiger partial charge < -0.3 is 4.74 Å². The minimum atomic E-state index is -4.77. The van der Waals surface area contributed by atoms with Gasteiger partial charge in [-0.05, 0) is 48.0 Å². The number of ether oxygens (including phenoxy) is 1. The first-order valence-electron chi connectivity index (χ1n) is 10.6. The second-order valence-electron chi connectivity index (χ2n) is 7.45. The molecule has 0 aliphatic carbocycles. The summed E-state index contributed by atoms with van der Waals surface area (Å²) < 4.78 is 72.7. The number of anilines is 1. The number of nitrogens with one attached hydrogen (secondary N) is 1. The van der Waals surface area contributed by atoms with Gasteiger partial charge in [0.1, 0.15) is 18.9 Å². The third-order valence-electron chi connectivity index (χ3n) is 4.79. The molecule has 12 heteroatoms. The SMILES string of the molecule is C=CCOc1cccc(/C=N\NC(=O)CN(c2cc(C(F)(F)F)ccc2Cl)S(=O)(=O)c2ccccc2)c1. The average Bonchev–Trinajstić information content (AvgIpc) is 2.86. The number of alkyl halides is 3. The normalized spacial score (nSPS) is 11.8. The maximum atomic E-state index is 13.3. The molecule has 3 aromatic carbocycles. The molecular weight excluding hydrogens is 531 g/mol. The summed E-state index contributed by atoms with van der Waals surface area (Å²) in [5.41, 5.74) is 1.11. The quantitative estimate of drug-likeness (QED) is 0.211. The van der Waals surface area contributed by atoms with E-state index in [1.807, 2.05) is 0 Å². The van der Waals surface area contributed by atoms with E-state index in [1.54, 1.807) is 36.4 Å². The van der Waals surface area contributed by atoms with Gasteiger partial charge >= 0.3 is 6.18 Å². The highest BCUT2D eigenvalue weighted by atomic mass is 35.5. The summed E-state index contributed by atoms with van der Waals surface area (Å²) in [6.07, 6.45) is -1.89. The molecule has 37 heavy (non-hydrogen) atoms. The van der Waals surface area contributed by atoms with Crippen LogP contribution in [0.2, 0.25) is 5.02 Å². The maximum absolute atomic E-state index is 13.3. The van der Waals surface area contributed by atoms with Crippen LogP contribution in [-0.2, 0) is 21.0 Å². The summed E-state index contributed by atoms with van der Waals surface area (Å²) in [4.78, 5) is 12.4. The van der Waals surface area contributed by atoms with Crippen molar-refractivity contribution in [3.05, 3.63) is 102 Å². The van der Waals surface area contributed by atoms with Crippen LogP contribution >= 0.6 is 11.6 Å². The number of hydrogen-bond acceptors (Lipinski definition) is 5. The predicted molar refractivity (Wildman–Crippen MR) is 135 cm³/mol. The summed E-state index contributed by atoms with van der Waals surface area (Å²) in [5.74, 6) is -0.377. The molecule has 0 saturated carbocycles. The molecule has 0 aliphatic heterocycles. The number of rotatable bonds is 10. The number of hydrogen-bond donors (Lipinski definition) is 1. The zero-order chi connectivity index (χ0) is 27.1. The number of sulfonamides is 1. The van der Waals surface area contributed by atoms with Gasteiger partial charge in [0.05, 0.1) is 27.4 Å². The van der Waals surface area contributed by atoms with E-state index in [9.17, 15) is 26.4 Å². The van der Waals surface area contributed by atoms with E-state index >= 15 is 0 Å². The van der Waals surface area contributed by atoms with E-state index < -0.39 is 39.9 Å². The summed E-state index contributed by atoms with van der Waals surface area (Å²) in [5, 5.41) is 3.52. The van der Waals surface area contributed by atoms with Gasteiger partial charge in [-0.1, -0.05) is 54.6 Å². The number of carbonyl (C=O) groups is 1. The number of carbonyl (C=O) groups excluding carboxylic acids is 1. The van der Waals surface area contributed by atoms with Crippen molar-refractivity contribution < 1.29 is 31.1 Å². The number of halogens is 4. The lowest BCUT2D eigenvalue weighted by molar-refractivity contribution is -0.137. The Morgan fingerprint density at radius 2 is 1.81 bits per heavy atom. The van der Waals surface area contributed by atoms with Crippen molar-refractivity contribution in [1.29, 1.82) is 0 Å². The van der Waals surface area contributed by atoms with Crippen LogP contribution in [0, 0.1) is 0 Å². The lowest BCUT2D eigenvalue weighted by Crippen LogP contribution is -2.40. The molecule has 0 saturated heterocycles. The molecule has 7 nitrogen and oxygen atoms in total. The van der Waals surface area contributed by atoms with E-state index in [0.29, 0.717) is 28.3 Å². The Kier molecular flexibility index (Phi) is 8.95. The summed E-state index contributed by atoms with van der Waals surface area (Å²) in [6, 6.07) is 15.9. The van der Waals surface area contributed by atoms with Gasteiger partial charge in [0, 0.05) is 0 Å². The molecule has 0 unspecified atom stereocenters. The van der Waals surface area contributed by atoms with Crippen molar-refractivity contribution >= 4 is 39.4 Å². The average molecular weight is 552 g/mol. The highest BCUT2D eigenvalue weighted by Crippen LogP contribution is 2.37. The van der Waals surface area contributed by atoms with Crippen molar-refractivity contribution in [3.63, 3.8) is 0 Å². The van der Waals surface area contributed by atoms with Gasteiger partial charge in [0.2, 0.25) is 0 Å². The van der Waals surface area contributed by atoms with Gasteiger partial charge in [0.25, 0.3) is 15.9 Å². The smallest absolute Gasteiger partial charge is 0.416 e. The Morgan fingerprint density at radius 3 is 2.49 bits per heavy atom. The van der Waals surface area contributed by atoms with E-state index in [-0.39, 0.29) is 9.92 Å². The van der Waals surface area contributed by atoms with Crippen LogP contribution in [-0.4, -0.2) is 33.7 Å². The zero-order valence-electron chi connectivity index (χ0n) is 19.2. The van der Waals surface area contributed by atoms with Crippen molar-refractivity contribution in [2.45, 2.75) is 11.1 Å². The Bertz CT molecular complexity index is 1400. The fourth-order valence-electron chi connectivity index (χ4n) is 3.08. The molecule has 0 bridgehead atoms. The summed E-state index contributed by atoms with van der Waals surface area (Å²) in [6.45, 7) is 2.96. The first kappa shape index (κ1) is 27.8. The number of nitrogens with zero attached hydrogens (tertiary/aromatic N) is 2. The molecule has 0 spiro atoms. The molecule has 1 amide bonds.